The summed E-state index contributed by atoms with van der Waals surface area (Å²) < 4.78 is 6.72. The Labute approximate surface area is 185 Å². The van der Waals surface area contributed by atoms with Crippen molar-refractivity contribution in [3.63, 3.8) is 0 Å². The van der Waals surface area contributed by atoms with Crippen LogP contribution >= 0.6 is 11.6 Å². The molecular formula is C26H34ClNO2. The predicted octanol–water partition coefficient (Wildman–Crippen LogP) is 5.97. The zero-order valence-electron chi connectivity index (χ0n) is 18.6. The van der Waals surface area contributed by atoms with E-state index in [0.717, 1.165) is 11.7 Å². The average Bonchev–Trinajstić information content (AvgIpc) is 3.11. The van der Waals surface area contributed by atoms with E-state index in [2.05, 4.69) is 26.8 Å². The van der Waals surface area contributed by atoms with Crippen molar-refractivity contribution >= 4 is 17.5 Å². The molecule has 1 aromatic carbocycles. The molecule has 0 saturated heterocycles. The van der Waals surface area contributed by atoms with Gasteiger partial charge in [-0.15, -0.1) is 0 Å². The second-order valence-corrected chi connectivity index (χ2v) is 11.3. The number of nitrogens with zero attached hydrogens (tertiary/aromatic N) is 1. The van der Waals surface area contributed by atoms with Crippen LogP contribution in [0, 0.1) is 34.5 Å². The molecule has 0 aromatic heterocycles. The SMILES string of the molecule is CC1C(Oc2ccc(Cl)cc2)C2N(C)C(=O)C=C[C@]2(C)[C@@H]2CC[C@]3(C)CCC[C@H]3[C@H]12. The summed E-state index contributed by atoms with van der Waals surface area (Å²) in [4.78, 5) is 14.7. The monoisotopic (exact) mass is 427 g/mol. The summed E-state index contributed by atoms with van der Waals surface area (Å²) in [6.07, 6.45) is 10.7. The molecule has 4 aliphatic rings. The molecule has 1 amide bonds. The Hall–Kier alpha value is -1.48. The summed E-state index contributed by atoms with van der Waals surface area (Å²) in [5.74, 6) is 3.33. The van der Waals surface area contributed by atoms with Crippen LogP contribution in [0.15, 0.2) is 36.4 Å². The largest absolute Gasteiger partial charge is 0.488 e. The van der Waals surface area contributed by atoms with Gasteiger partial charge in [-0.25, -0.2) is 0 Å². The molecule has 3 fully saturated rings. The molecule has 0 spiro atoms. The molecule has 5 rings (SSSR count). The first-order valence-corrected chi connectivity index (χ1v) is 12.0. The van der Waals surface area contributed by atoms with Gasteiger partial charge in [-0.05, 0) is 85.1 Å². The number of benzene rings is 1. The normalized spacial score (nSPS) is 45.0. The van der Waals surface area contributed by atoms with Crippen LogP contribution in [-0.4, -0.2) is 30.0 Å². The number of amides is 1. The molecule has 3 saturated carbocycles. The first kappa shape index (κ1) is 20.4. The Morgan fingerprint density at radius 1 is 1.10 bits per heavy atom. The third-order valence-corrected chi connectivity index (χ3v) is 9.67. The van der Waals surface area contributed by atoms with Crippen molar-refractivity contribution in [1.82, 2.24) is 4.90 Å². The van der Waals surface area contributed by atoms with E-state index in [0.29, 0.717) is 28.2 Å². The molecule has 8 atom stereocenters. The Balaban J connectivity index is 1.59. The number of hydrogen-bond acceptors (Lipinski definition) is 2. The molecule has 0 N–H and O–H groups in total. The predicted molar refractivity (Wildman–Crippen MR) is 120 cm³/mol. The number of hydrogen-bond donors (Lipinski definition) is 0. The topological polar surface area (TPSA) is 29.5 Å². The van der Waals surface area contributed by atoms with E-state index in [-0.39, 0.29) is 23.5 Å². The van der Waals surface area contributed by atoms with E-state index in [1.807, 2.05) is 42.3 Å². The summed E-state index contributed by atoms with van der Waals surface area (Å²) in [5.41, 5.74) is 0.421. The van der Waals surface area contributed by atoms with Crippen LogP contribution in [0.5, 0.6) is 5.75 Å². The highest BCUT2D eigenvalue weighted by molar-refractivity contribution is 6.30. The minimum atomic E-state index is -0.0547. The van der Waals surface area contributed by atoms with E-state index in [4.69, 9.17) is 16.3 Å². The average molecular weight is 428 g/mol. The maximum Gasteiger partial charge on any atom is 0.246 e. The fourth-order valence-electron chi connectivity index (χ4n) is 7.93. The molecule has 162 valence electrons. The maximum atomic E-state index is 12.7. The molecule has 3 nitrogen and oxygen atoms in total. The Bertz CT molecular complexity index is 866. The fourth-order valence-corrected chi connectivity index (χ4v) is 8.06. The highest BCUT2D eigenvalue weighted by Gasteiger charge is 2.63. The lowest BCUT2D eigenvalue weighted by atomic mass is 9.45. The minimum absolute atomic E-state index is 0.0284. The first-order chi connectivity index (χ1) is 14.2. The quantitative estimate of drug-likeness (QED) is 0.581. The van der Waals surface area contributed by atoms with Gasteiger partial charge in [0.1, 0.15) is 11.9 Å². The van der Waals surface area contributed by atoms with Gasteiger partial charge in [0.25, 0.3) is 0 Å². The van der Waals surface area contributed by atoms with Crippen LogP contribution in [0.4, 0.5) is 0 Å². The highest BCUT2D eigenvalue weighted by Crippen LogP contribution is 2.65. The Morgan fingerprint density at radius 3 is 2.57 bits per heavy atom. The van der Waals surface area contributed by atoms with Crippen LogP contribution in [0.2, 0.25) is 5.02 Å². The Morgan fingerprint density at radius 2 is 1.83 bits per heavy atom. The van der Waals surface area contributed by atoms with E-state index in [1.54, 1.807) is 0 Å². The van der Waals surface area contributed by atoms with Crippen LogP contribution in [0.25, 0.3) is 0 Å². The second kappa shape index (κ2) is 7.02. The number of carbonyl (C=O) groups is 1. The van der Waals surface area contributed by atoms with E-state index in [1.165, 1.54) is 32.1 Å². The maximum absolute atomic E-state index is 12.7. The molecule has 0 bridgehead atoms. The van der Waals surface area contributed by atoms with Gasteiger partial charge in [0.15, 0.2) is 0 Å². The number of likely N-dealkylation sites (N-methyl/N-ethyl adjacent to an activating group) is 1. The van der Waals surface area contributed by atoms with E-state index in [9.17, 15) is 4.79 Å². The smallest absolute Gasteiger partial charge is 0.246 e. The van der Waals surface area contributed by atoms with Crippen LogP contribution in [-0.2, 0) is 4.79 Å². The number of fused-ring (bicyclic) bond motifs is 5. The summed E-state index contributed by atoms with van der Waals surface area (Å²) in [6.45, 7) is 7.30. The van der Waals surface area contributed by atoms with Crippen molar-refractivity contribution in [2.45, 2.75) is 65.0 Å². The molecular weight excluding hydrogens is 394 g/mol. The molecule has 1 aliphatic heterocycles. The lowest BCUT2D eigenvalue weighted by molar-refractivity contribution is -0.166. The summed E-state index contributed by atoms with van der Waals surface area (Å²) in [7, 11) is 1.96. The van der Waals surface area contributed by atoms with Gasteiger partial charge in [-0.2, -0.15) is 0 Å². The van der Waals surface area contributed by atoms with Crippen molar-refractivity contribution in [2.75, 3.05) is 7.05 Å². The lowest BCUT2D eigenvalue weighted by Crippen LogP contribution is -2.68. The van der Waals surface area contributed by atoms with Crippen molar-refractivity contribution in [3.8, 4) is 5.75 Å². The standard InChI is InChI=1S/C26H34ClNO2/c1-16-22-19-6-5-13-25(19,2)14-11-20(22)26(3)15-12-21(29)28(4)24(26)23(16)30-18-9-7-17(27)8-10-18/h7-10,12,15-16,19-20,22-24H,5-6,11,13-14H2,1-4H3/t16?,19-,20+,22-,23?,24?,25-,26+/m0/s1. The molecule has 4 heteroatoms. The number of ether oxygens (including phenoxy) is 1. The molecule has 30 heavy (non-hydrogen) atoms. The molecule has 1 heterocycles. The van der Waals surface area contributed by atoms with Gasteiger partial charge >= 0.3 is 0 Å². The minimum Gasteiger partial charge on any atom is -0.488 e. The van der Waals surface area contributed by atoms with Gasteiger partial charge in [0.2, 0.25) is 5.91 Å². The second-order valence-electron chi connectivity index (χ2n) is 10.9. The van der Waals surface area contributed by atoms with E-state index >= 15 is 0 Å². The van der Waals surface area contributed by atoms with Gasteiger partial charge in [-0.3, -0.25) is 4.79 Å². The number of rotatable bonds is 2. The molecule has 3 unspecified atom stereocenters. The van der Waals surface area contributed by atoms with Gasteiger partial charge in [0.05, 0.1) is 6.04 Å². The Kier molecular flexibility index (Phi) is 4.78. The van der Waals surface area contributed by atoms with E-state index < -0.39 is 0 Å². The zero-order chi connectivity index (χ0) is 21.3. The van der Waals surface area contributed by atoms with Crippen molar-refractivity contribution < 1.29 is 9.53 Å². The zero-order valence-corrected chi connectivity index (χ0v) is 19.4. The van der Waals surface area contributed by atoms with Crippen LogP contribution < -0.4 is 4.74 Å². The number of carbonyl (C=O) groups excluding carboxylic acids is 1. The molecule has 0 radical (unpaired) electrons. The van der Waals surface area contributed by atoms with Crippen molar-refractivity contribution in [3.05, 3.63) is 41.4 Å². The first-order valence-electron chi connectivity index (χ1n) is 11.6. The lowest BCUT2D eigenvalue weighted by Gasteiger charge is -2.63. The third-order valence-electron chi connectivity index (χ3n) is 9.42. The van der Waals surface area contributed by atoms with Crippen LogP contribution in [0.1, 0.15) is 52.9 Å². The summed E-state index contributed by atoms with van der Waals surface area (Å²) in [5, 5.41) is 0.714. The van der Waals surface area contributed by atoms with Crippen LogP contribution in [0.3, 0.4) is 0 Å². The van der Waals surface area contributed by atoms with Crippen molar-refractivity contribution in [2.24, 2.45) is 34.5 Å². The highest BCUT2D eigenvalue weighted by atomic mass is 35.5. The van der Waals surface area contributed by atoms with Gasteiger partial charge in [-0.1, -0.05) is 44.9 Å². The van der Waals surface area contributed by atoms with Gasteiger partial charge < -0.3 is 9.64 Å². The summed E-state index contributed by atoms with van der Waals surface area (Å²) >= 11 is 6.11. The number of halogens is 1. The third kappa shape index (κ3) is 2.87. The fraction of sp³-hybridized carbons (Fsp3) is 0.654. The summed E-state index contributed by atoms with van der Waals surface area (Å²) in [6, 6.07) is 7.74. The molecule has 3 aliphatic carbocycles. The van der Waals surface area contributed by atoms with Crippen molar-refractivity contribution in [1.29, 1.82) is 0 Å². The molecule has 1 aromatic rings. The van der Waals surface area contributed by atoms with Gasteiger partial charge in [0, 0.05) is 17.5 Å².